The SMILES string of the molecule is C\C=C/C(=C\C(=C\CC)C1CCC(c2cc(Nc3cc[c]4c(c3F)C[NH][Sb]4[CH3])n[nH]2)C1)C(C)(C)C. The maximum atomic E-state index is 15.1. The summed E-state index contributed by atoms with van der Waals surface area (Å²) in [7, 11) is 0. The second kappa shape index (κ2) is 11.0. The van der Waals surface area contributed by atoms with Gasteiger partial charge in [0.25, 0.3) is 0 Å². The Hall–Kier alpha value is -1.84. The average molecular weight is 585 g/mol. The summed E-state index contributed by atoms with van der Waals surface area (Å²) in [6, 6.07) is 6.03. The van der Waals surface area contributed by atoms with Crippen LogP contribution in [0.2, 0.25) is 4.87 Å². The van der Waals surface area contributed by atoms with Gasteiger partial charge >= 0.3 is 142 Å². The van der Waals surface area contributed by atoms with Crippen LogP contribution in [0.1, 0.15) is 77.5 Å². The molecule has 4 rings (SSSR count). The van der Waals surface area contributed by atoms with Gasteiger partial charge in [0.05, 0.1) is 0 Å². The average Bonchev–Trinajstić information content (AvgIpc) is 3.55. The predicted octanol–water partition coefficient (Wildman–Crippen LogP) is 6.99. The molecule has 0 spiro atoms. The summed E-state index contributed by atoms with van der Waals surface area (Å²) in [6.07, 6.45) is 13.7. The Labute approximate surface area is 217 Å². The van der Waals surface area contributed by atoms with Gasteiger partial charge in [-0.25, -0.2) is 0 Å². The van der Waals surface area contributed by atoms with E-state index in [9.17, 15) is 0 Å². The number of nitrogens with one attached hydrogen (secondary N) is 3. The van der Waals surface area contributed by atoms with Crippen LogP contribution in [0.25, 0.3) is 0 Å². The van der Waals surface area contributed by atoms with E-state index in [1.807, 2.05) is 6.07 Å². The Balaban J connectivity index is 1.47. The molecule has 0 radical (unpaired) electrons. The van der Waals surface area contributed by atoms with Crippen molar-refractivity contribution in [2.45, 2.75) is 77.6 Å². The Morgan fingerprint density at radius 1 is 1.29 bits per heavy atom. The van der Waals surface area contributed by atoms with Crippen LogP contribution in [0.5, 0.6) is 0 Å². The minimum atomic E-state index is -1.63. The summed E-state index contributed by atoms with van der Waals surface area (Å²) in [5.41, 5.74) is 5.45. The molecule has 2 aromatic rings. The van der Waals surface area contributed by atoms with Crippen molar-refractivity contribution < 1.29 is 4.39 Å². The summed E-state index contributed by atoms with van der Waals surface area (Å²) in [4.78, 5) is 2.25. The van der Waals surface area contributed by atoms with Crippen LogP contribution < -0.4 is 12.3 Å². The third-order valence-corrected chi connectivity index (χ3v) is 12.3. The summed E-state index contributed by atoms with van der Waals surface area (Å²) in [6.45, 7) is 11.8. The summed E-state index contributed by atoms with van der Waals surface area (Å²) < 4.78 is 19.8. The fourth-order valence-electron chi connectivity index (χ4n) is 5.24. The fraction of sp³-hybridized carbons (Fsp3) is 0.483. The van der Waals surface area contributed by atoms with Gasteiger partial charge in [-0.15, -0.1) is 0 Å². The topological polar surface area (TPSA) is 52.7 Å². The van der Waals surface area contributed by atoms with Crippen LogP contribution in [0.4, 0.5) is 15.9 Å². The van der Waals surface area contributed by atoms with Crippen LogP contribution in [-0.2, 0) is 6.54 Å². The van der Waals surface area contributed by atoms with Crippen LogP contribution in [0.3, 0.4) is 0 Å². The van der Waals surface area contributed by atoms with Gasteiger partial charge in [0.15, 0.2) is 0 Å². The van der Waals surface area contributed by atoms with E-state index in [2.05, 4.69) is 94.9 Å². The molecule has 0 amide bonds. The molecule has 1 aliphatic carbocycles. The standard InChI is InChI=1S/C28H37FN4.CH3.Sb/c1-6-9-19(16-23(10-7-2)28(3,4)5)20-13-14-21(15-20)25-17-26(33-32-25)31-24-12-8-11-22(18-30)27(24)29;;/h7-10,12,16-17,20-21,30H,6,13-15,18H2,1-5H3,(H2,31,32,33);1H3;/q-1;;+1/b10-7-,19-9-,23-16+;;. The minimum Gasteiger partial charge on any atom is -0.0561 e. The molecule has 2 atom stereocenters. The summed E-state index contributed by atoms with van der Waals surface area (Å²) >= 11 is -1.63. The van der Waals surface area contributed by atoms with Crippen molar-refractivity contribution in [3.63, 3.8) is 0 Å². The van der Waals surface area contributed by atoms with E-state index < -0.39 is 20.5 Å². The normalized spacial score (nSPS) is 21.8. The predicted molar refractivity (Wildman–Crippen MR) is 147 cm³/mol. The van der Waals surface area contributed by atoms with Crippen LogP contribution in [0.15, 0.2) is 53.6 Å². The fourth-order valence-corrected chi connectivity index (χ4v) is 9.37. The second-order valence-corrected chi connectivity index (χ2v) is 16.3. The Kier molecular flexibility index (Phi) is 8.28. The molecule has 6 heteroatoms. The van der Waals surface area contributed by atoms with Gasteiger partial charge in [0, 0.05) is 0 Å². The van der Waals surface area contributed by atoms with Gasteiger partial charge in [-0.3, -0.25) is 0 Å². The van der Waals surface area contributed by atoms with Crippen LogP contribution in [0, 0.1) is 17.2 Å². The zero-order valence-electron chi connectivity index (χ0n) is 22.0. The van der Waals surface area contributed by atoms with E-state index in [1.165, 1.54) is 21.1 Å². The number of H-pyrrole nitrogens is 1. The van der Waals surface area contributed by atoms with Crippen molar-refractivity contribution in [2.24, 2.45) is 11.3 Å². The minimum absolute atomic E-state index is 0.116. The number of aromatic amines is 1. The van der Waals surface area contributed by atoms with Crippen LogP contribution in [-0.4, -0.2) is 30.7 Å². The zero-order chi connectivity index (χ0) is 25.2. The molecule has 2 aliphatic rings. The first kappa shape index (κ1) is 26.2. The van der Waals surface area contributed by atoms with Crippen molar-refractivity contribution >= 4 is 35.5 Å². The molecule has 0 saturated heterocycles. The third-order valence-electron chi connectivity index (χ3n) is 7.25. The van der Waals surface area contributed by atoms with Crippen molar-refractivity contribution in [1.82, 2.24) is 13.7 Å². The molecule has 1 aliphatic heterocycles. The monoisotopic (exact) mass is 584 g/mol. The number of allylic oxidation sites excluding steroid dienone is 6. The maximum absolute atomic E-state index is 15.1. The molecule has 1 saturated carbocycles. The first-order valence-corrected chi connectivity index (χ1v) is 18.0. The van der Waals surface area contributed by atoms with Crippen molar-refractivity contribution in [2.75, 3.05) is 5.32 Å². The molecule has 35 heavy (non-hydrogen) atoms. The van der Waals surface area contributed by atoms with E-state index in [0.29, 0.717) is 29.9 Å². The first-order chi connectivity index (χ1) is 16.7. The van der Waals surface area contributed by atoms with Gasteiger partial charge in [0.1, 0.15) is 0 Å². The Morgan fingerprint density at radius 3 is 2.80 bits per heavy atom. The molecule has 188 valence electrons. The van der Waals surface area contributed by atoms with Crippen LogP contribution >= 0.6 is 0 Å². The number of anilines is 2. The molecule has 1 aromatic heterocycles. The van der Waals surface area contributed by atoms with E-state index in [-0.39, 0.29) is 11.2 Å². The molecule has 4 nitrogen and oxygen atoms in total. The largest absolute Gasteiger partial charge is 0.0561 e. The van der Waals surface area contributed by atoms with E-state index in [1.54, 1.807) is 0 Å². The third kappa shape index (κ3) is 5.94. The van der Waals surface area contributed by atoms with Crippen molar-refractivity contribution in [3.05, 3.63) is 70.7 Å². The number of benzene rings is 1. The number of nitrogens with zero attached hydrogens (tertiary/aromatic N) is 1. The Morgan fingerprint density at radius 2 is 2.09 bits per heavy atom. The van der Waals surface area contributed by atoms with Gasteiger partial charge in [-0.1, -0.05) is 52.0 Å². The quantitative estimate of drug-likeness (QED) is 0.243. The molecule has 0 bridgehead atoms. The van der Waals surface area contributed by atoms with E-state index in [4.69, 9.17) is 0 Å². The van der Waals surface area contributed by atoms with Crippen molar-refractivity contribution in [3.8, 4) is 0 Å². The molecule has 3 N–H and O–H groups in total. The van der Waals surface area contributed by atoms with Gasteiger partial charge < -0.3 is 0 Å². The van der Waals surface area contributed by atoms with Crippen molar-refractivity contribution in [1.29, 1.82) is 0 Å². The first-order valence-electron chi connectivity index (χ1n) is 12.9. The van der Waals surface area contributed by atoms with Gasteiger partial charge in [0.2, 0.25) is 0 Å². The number of fused-ring (bicyclic) bond motifs is 1. The molecule has 2 heterocycles. The second-order valence-electron chi connectivity index (χ2n) is 10.8. The molecule has 1 aromatic carbocycles. The van der Waals surface area contributed by atoms with Gasteiger partial charge in [-0.2, -0.15) is 0 Å². The van der Waals surface area contributed by atoms with E-state index in [0.717, 1.165) is 30.5 Å². The number of aromatic nitrogens is 2. The summed E-state index contributed by atoms with van der Waals surface area (Å²) in [5, 5.41) is 10.9. The maximum Gasteiger partial charge on any atom is -0.0132 e. The Bertz CT molecular complexity index is 1140. The molecular formula is C29H40FN4Sb. The summed E-state index contributed by atoms with van der Waals surface area (Å²) in [5.74, 6) is 1.55. The smallest absolute Gasteiger partial charge is 0.0132 e. The molecule has 1 fully saturated rings. The number of halogens is 1. The number of hydrogen-bond donors (Lipinski definition) is 3. The number of rotatable bonds is 7. The molecule has 2 unspecified atom stereocenters. The zero-order valence-corrected chi connectivity index (χ0v) is 24.6. The van der Waals surface area contributed by atoms with Gasteiger partial charge in [-0.05, 0) is 24.3 Å². The molecular weight excluding hydrogens is 545 g/mol. The van der Waals surface area contributed by atoms with E-state index >= 15 is 4.39 Å². The number of hydrogen-bond acceptors (Lipinski definition) is 3.